The lowest BCUT2D eigenvalue weighted by Crippen LogP contribution is -2.53. The first kappa shape index (κ1) is 38.1. The van der Waals surface area contributed by atoms with Crippen LogP contribution < -0.4 is 14.4 Å². The van der Waals surface area contributed by atoms with E-state index in [1.165, 1.54) is 28.8 Å². The second-order valence-electron chi connectivity index (χ2n) is 11.7. The number of carbonyl (C=O) groups excluding carboxylic acids is 2. The zero-order valence-electron chi connectivity index (χ0n) is 27.9. The van der Waals surface area contributed by atoms with Crippen molar-refractivity contribution in [3.63, 3.8) is 0 Å². The van der Waals surface area contributed by atoms with Crippen molar-refractivity contribution in [1.29, 1.82) is 0 Å². The number of sulfonamides is 1. The summed E-state index contributed by atoms with van der Waals surface area (Å²) in [4.78, 5) is 31.0. The van der Waals surface area contributed by atoms with E-state index < -0.39 is 28.5 Å². The van der Waals surface area contributed by atoms with E-state index in [0.717, 1.165) is 14.8 Å². The maximum absolute atomic E-state index is 14.7. The molecule has 4 rings (SSSR count). The van der Waals surface area contributed by atoms with E-state index in [9.17, 15) is 18.0 Å². The molecular weight excluding hydrogens is 701 g/mol. The van der Waals surface area contributed by atoms with Crippen LogP contribution in [-0.4, -0.2) is 57.1 Å². The molecule has 49 heavy (non-hydrogen) atoms. The van der Waals surface area contributed by atoms with Gasteiger partial charge in [0.15, 0.2) is 0 Å². The molecule has 8 nitrogen and oxygen atoms in total. The highest BCUT2D eigenvalue weighted by atomic mass is 35.5. The number of carbonyl (C=O) groups is 2. The average molecular weight is 743 g/mol. The Bertz CT molecular complexity index is 1810. The average Bonchev–Trinajstić information content (AvgIpc) is 3.09. The van der Waals surface area contributed by atoms with Crippen molar-refractivity contribution in [2.75, 3.05) is 30.3 Å². The van der Waals surface area contributed by atoms with Crippen LogP contribution in [-0.2, 0) is 32.6 Å². The molecule has 0 saturated carbocycles. The van der Waals surface area contributed by atoms with Gasteiger partial charge in [-0.15, -0.1) is 11.8 Å². The maximum Gasteiger partial charge on any atom is 0.264 e. The summed E-state index contributed by atoms with van der Waals surface area (Å²) < 4.78 is 35.3. The van der Waals surface area contributed by atoms with Gasteiger partial charge in [-0.05, 0) is 90.9 Å². The number of hydrogen-bond acceptors (Lipinski definition) is 6. The molecule has 260 valence electrons. The third kappa shape index (κ3) is 10.4. The summed E-state index contributed by atoms with van der Waals surface area (Å²) in [6.45, 7) is 5.99. The van der Waals surface area contributed by atoms with Crippen molar-refractivity contribution in [3.05, 3.63) is 118 Å². The Balaban J connectivity index is 1.82. The van der Waals surface area contributed by atoms with Crippen LogP contribution in [0, 0.1) is 5.92 Å². The van der Waals surface area contributed by atoms with E-state index in [1.807, 2.05) is 57.4 Å². The monoisotopic (exact) mass is 741 g/mol. The molecule has 0 heterocycles. The van der Waals surface area contributed by atoms with E-state index in [-0.39, 0.29) is 35.4 Å². The molecule has 12 heteroatoms. The largest absolute Gasteiger partial charge is 0.494 e. The number of thioether (sulfide) groups is 1. The number of halogens is 2. The summed E-state index contributed by atoms with van der Waals surface area (Å²) in [6.07, 6.45) is 2.09. The van der Waals surface area contributed by atoms with Crippen molar-refractivity contribution >= 4 is 62.5 Å². The highest BCUT2D eigenvalue weighted by molar-refractivity contribution is 7.98. The van der Waals surface area contributed by atoms with Crippen molar-refractivity contribution in [1.82, 2.24) is 10.2 Å². The lowest BCUT2D eigenvalue weighted by molar-refractivity contribution is -0.140. The molecule has 0 bridgehead atoms. The lowest BCUT2D eigenvalue weighted by Gasteiger charge is -2.34. The Morgan fingerprint density at radius 3 is 2.18 bits per heavy atom. The molecule has 0 saturated heterocycles. The minimum atomic E-state index is -4.25. The summed E-state index contributed by atoms with van der Waals surface area (Å²) in [5.41, 5.74) is 1.65. The van der Waals surface area contributed by atoms with Gasteiger partial charge >= 0.3 is 0 Å². The van der Waals surface area contributed by atoms with Crippen molar-refractivity contribution in [2.24, 2.45) is 5.92 Å². The quantitative estimate of drug-likeness (QED) is 0.118. The van der Waals surface area contributed by atoms with Gasteiger partial charge in [-0.25, -0.2) is 8.42 Å². The fraction of sp³-hybridized carbons (Fsp3) is 0.297. The van der Waals surface area contributed by atoms with Crippen LogP contribution in [0.1, 0.15) is 31.9 Å². The number of ether oxygens (including phenoxy) is 1. The third-order valence-electron chi connectivity index (χ3n) is 7.67. The molecule has 1 unspecified atom stereocenters. The number of benzene rings is 4. The summed E-state index contributed by atoms with van der Waals surface area (Å²) in [5.74, 6) is -0.235. The molecule has 0 aliphatic carbocycles. The van der Waals surface area contributed by atoms with Crippen LogP contribution in [0.4, 0.5) is 5.69 Å². The predicted molar refractivity (Wildman–Crippen MR) is 199 cm³/mol. The minimum absolute atomic E-state index is 0.0230. The first-order chi connectivity index (χ1) is 23.4. The van der Waals surface area contributed by atoms with Crippen LogP contribution in [0.15, 0.2) is 107 Å². The SMILES string of the molecule is CCOc1ccc(N(CC(=O)N(Cc2ccc(Cl)cc2Cl)C(Cc2ccccc2)C(=O)NCC(C)C)S(=O)(=O)c2ccc(SC)cc2)cc1. The molecule has 2 amide bonds. The molecule has 1 atom stereocenters. The highest BCUT2D eigenvalue weighted by Gasteiger charge is 2.35. The van der Waals surface area contributed by atoms with Crippen LogP contribution in [0.3, 0.4) is 0 Å². The minimum Gasteiger partial charge on any atom is -0.494 e. The standard InChI is InChI=1S/C37H41Cl2N3O5S2/c1-5-47-31-15-13-30(14-16-31)42(49(45,46)33-19-17-32(48-4)18-20-33)25-36(43)41(24-28-11-12-29(38)22-34(28)39)35(37(44)40-23-26(2)3)21-27-9-7-6-8-10-27/h6-20,22,26,35H,5,21,23-25H2,1-4H3,(H,40,44). The number of rotatable bonds is 16. The molecule has 0 fully saturated rings. The van der Waals surface area contributed by atoms with Gasteiger partial charge in [-0.2, -0.15) is 0 Å². The fourth-order valence-corrected chi connectivity index (χ4v) is 7.38. The van der Waals surface area contributed by atoms with Crippen LogP contribution in [0.5, 0.6) is 5.75 Å². The number of hydrogen-bond donors (Lipinski definition) is 1. The normalized spacial score (nSPS) is 12.0. The molecular formula is C37H41Cl2N3O5S2. The van der Waals surface area contributed by atoms with Gasteiger partial charge in [0.25, 0.3) is 10.0 Å². The topological polar surface area (TPSA) is 96.0 Å². The van der Waals surface area contributed by atoms with E-state index >= 15 is 0 Å². The van der Waals surface area contributed by atoms with Gasteiger partial charge < -0.3 is 15.0 Å². The second kappa shape index (κ2) is 17.8. The second-order valence-corrected chi connectivity index (χ2v) is 15.3. The van der Waals surface area contributed by atoms with Crippen LogP contribution >= 0.6 is 35.0 Å². The van der Waals surface area contributed by atoms with Gasteiger partial charge in [0.2, 0.25) is 11.8 Å². The van der Waals surface area contributed by atoms with Gasteiger partial charge in [-0.3, -0.25) is 13.9 Å². The number of nitrogens with zero attached hydrogens (tertiary/aromatic N) is 2. The van der Waals surface area contributed by atoms with Crippen LogP contribution in [0.2, 0.25) is 10.0 Å². The van der Waals surface area contributed by atoms with Crippen molar-refractivity contribution < 1.29 is 22.7 Å². The van der Waals surface area contributed by atoms with E-state index in [2.05, 4.69) is 5.32 Å². The first-order valence-electron chi connectivity index (χ1n) is 15.9. The molecule has 0 aliphatic heterocycles. The Labute approximate surface area is 303 Å². The molecule has 0 aromatic heterocycles. The zero-order chi connectivity index (χ0) is 35.6. The molecule has 0 spiro atoms. The number of amides is 2. The molecule has 4 aromatic carbocycles. The molecule has 1 N–H and O–H groups in total. The van der Waals surface area contributed by atoms with E-state index in [0.29, 0.717) is 34.5 Å². The maximum atomic E-state index is 14.7. The summed E-state index contributed by atoms with van der Waals surface area (Å²) in [6, 6.07) is 26.3. The van der Waals surface area contributed by atoms with Crippen molar-refractivity contribution in [2.45, 2.75) is 49.6 Å². The van der Waals surface area contributed by atoms with Gasteiger partial charge in [-0.1, -0.05) is 73.4 Å². The van der Waals surface area contributed by atoms with E-state index in [4.69, 9.17) is 27.9 Å². The van der Waals surface area contributed by atoms with Gasteiger partial charge in [0.1, 0.15) is 18.3 Å². The van der Waals surface area contributed by atoms with E-state index in [1.54, 1.807) is 54.6 Å². The van der Waals surface area contributed by atoms with Crippen molar-refractivity contribution in [3.8, 4) is 5.75 Å². The summed E-state index contributed by atoms with van der Waals surface area (Å²) >= 11 is 14.3. The fourth-order valence-electron chi connectivity index (χ4n) is 5.09. The number of anilines is 1. The molecule has 0 aliphatic rings. The smallest absolute Gasteiger partial charge is 0.264 e. The van der Waals surface area contributed by atoms with Crippen LogP contribution in [0.25, 0.3) is 0 Å². The zero-order valence-corrected chi connectivity index (χ0v) is 31.1. The Morgan fingerprint density at radius 2 is 1.59 bits per heavy atom. The Kier molecular flexibility index (Phi) is 13.8. The highest BCUT2D eigenvalue weighted by Crippen LogP contribution is 2.29. The Hall–Kier alpha value is -3.70. The van der Waals surface area contributed by atoms with Gasteiger partial charge in [0, 0.05) is 34.5 Å². The number of nitrogens with one attached hydrogen (secondary N) is 1. The summed E-state index contributed by atoms with van der Waals surface area (Å²) in [7, 11) is -4.25. The summed E-state index contributed by atoms with van der Waals surface area (Å²) in [5, 5.41) is 3.72. The molecule has 0 radical (unpaired) electrons. The third-order valence-corrected chi connectivity index (χ3v) is 10.8. The molecule has 4 aromatic rings. The predicted octanol–water partition coefficient (Wildman–Crippen LogP) is 7.72. The first-order valence-corrected chi connectivity index (χ1v) is 19.3. The van der Waals surface area contributed by atoms with Gasteiger partial charge in [0.05, 0.1) is 17.2 Å². The lowest BCUT2D eigenvalue weighted by atomic mass is 10.0. The Morgan fingerprint density at radius 1 is 0.918 bits per heavy atom.